The summed E-state index contributed by atoms with van der Waals surface area (Å²) in [5.41, 5.74) is 15.1. The molecule has 0 aliphatic carbocycles. The third kappa shape index (κ3) is 23.1. The summed E-state index contributed by atoms with van der Waals surface area (Å²) >= 11 is 0. The maximum Gasteiger partial charge on any atom is 0.335 e. The quantitative estimate of drug-likeness (QED) is 0.107. The van der Waals surface area contributed by atoms with E-state index < -0.39 is 35.7 Å². The van der Waals surface area contributed by atoms with Crippen molar-refractivity contribution in [3.05, 3.63) is 29.8 Å². The van der Waals surface area contributed by atoms with Crippen LogP contribution < -0.4 is 27.4 Å². The number of guanidine groups is 1. The van der Waals surface area contributed by atoms with Crippen molar-refractivity contribution >= 4 is 29.8 Å². The van der Waals surface area contributed by atoms with E-state index >= 15 is 0 Å². The molecule has 35 heavy (non-hydrogen) atoms. The molecule has 13 heteroatoms. The minimum absolute atomic E-state index is 0.0129. The summed E-state index contributed by atoms with van der Waals surface area (Å²) in [6.45, 7) is 0.420. The van der Waals surface area contributed by atoms with Gasteiger partial charge in [0.1, 0.15) is 6.04 Å². The molecule has 1 atom stereocenters. The van der Waals surface area contributed by atoms with Crippen LogP contribution in [0.3, 0.4) is 0 Å². The number of aliphatic imine (C=N–C) groups is 1. The molecule has 0 saturated carbocycles. The van der Waals surface area contributed by atoms with Crippen molar-refractivity contribution in [1.82, 2.24) is 0 Å². The molecular weight excluding hydrogens is 464 g/mol. The molecule has 1 aromatic rings. The monoisotopic (exact) mass is 498 g/mol. The topological polar surface area (TPSA) is 266 Å². The third-order valence-electron chi connectivity index (χ3n) is 4.17. The molecule has 0 bridgehead atoms. The predicted octanol–water partition coefficient (Wildman–Crippen LogP) is -0.538. The summed E-state index contributed by atoms with van der Waals surface area (Å²) in [4.78, 5) is 44.2. The van der Waals surface area contributed by atoms with E-state index in [1.165, 1.54) is 24.3 Å². The summed E-state index contributed by atoms with van der Waals surface area (Å²) in [6, 6.07) is 4.72. The molecule has 13 nitrogen and oxygen atoms in total. The Hall–Kier alpha value is -3.87. The number of aromatic carboxylic acids is 1. The SMILES string of the molecule is NC(N)=NCCC[C@H](N)C(=O)O.O=C(O)c1ccccc1[O-].O=C([O-])CCCCCCCC(=O)O. The molecule has 0 radical (unpaired) electrons. The van der Waals surface area contributed by atoms with Gasteiger partial charge >= 0.3 is 17.9 Å². The number of carbonyl (C=O) groups excluding carboxylic acids is 1. The number of nitrogens with zero attached hydrogens (tertiary/aromatic N) is 1. The first-order valence-electron chi connectivity index (χ1n) is 10.8. The van der Waals surface area contributed by atoms with E-state index in [2.05, 4.69) is 4.99 Å². The average molecular weight is 499 g/mol. The van der Waals surface area contributed by atoms with Gasteiger partial charge < -0.3 is 47.5 Å². The van der Waals surface area contributed by atoms with E-state index in [-0.39, 0.29) is 24.4 Å². The molecule has 198 valence electrons. The van der Waals surface area contributed by atoms with Gasteiger partial charge in [0, 0.05) is 18.9 Å². The van der Waals surface area contributed by atoms with Gasteiger partial charge in [-0.1, -0.05) is 43.2 Å². The number of hydrogen-bond donors (Lipinski definition) is 6. The second-order valence-corrected chi connectivity index (χ2v) is 7.23. The van der Waals surface area contributed by atoms with Crippen molar-refractivity contribution in [1.29, 1.82) is 0 Å². The number of aliphatic carboxylic acids is 3. The van der Waals surface area contributed by atoms with Crippen LogP contribution in [0.25, 0.3) is 0 Å². The number of carbonyl (C=O) groups is 4. The molecule has 0 saturated heterocycles. The Bertz CT molecular complexity index is 794. The lowest BCUT2D eigenvalue weighted by atomic mass is 10.1. The van der Waals surface area contributed by atoms with Crippen LogP contribution in [0, 0.1) is 0 Å². The van der Waals surface area contributed by atoms with Crippen LogP contribution in [0.5, 0.6) is 5.75 Å². The Labute approximate surface area is 203 Å². The fourth-order valence-electron chi connectivity index (χ4n) is 2.36. The van der Waals surface area contributed by atoms with Gasteiger partial charge in [-0.05, 0) is 38.2 Å². The molecule has 0 fully saturated rings. The largest absolute Gasteiger partial charge is 0.872 e. The van der Waals surface area contributed by atoms with Crippen LogP contribution in [0.1, 0.15) is 68.1 Å². The number of para-hydroxylation sites is 1. The van der Waals surface area contributed by atoms with Crippen LogP contribution >= 0.6 is 0 Å². The molecule has 9 N–H and O–H groups in total. The molecule has 1 rings (SSSR count). The molecule has 0 aliphatic rings. The average Bonchev–Trinajstić information content (AvgIpc) is 2.76. The van der Waals surface area contributed by atoms with Crippen LogP contribution in [0.2, 0.25) is 0 Å². The zero-order chi connectivity index (χ0) is 27.2. The van der Waals surface area contributed by atoms with Gasteiger partial charge in [0.2, 0.25) is 0 Å². The Balaban J connectivity index is 0. The third-order valence-corrected chi connectivity index (χ3v) is 4.17. The van der Waals surface area contributed by atoms with Crippen LogP contribution in [-0.2, 0) is 14.4 Å². The van der Waals surface area contributed by atoms with E-state index in [4.69, 9.17) is 32.5 Å². The molecule has 0 heterocycles. The first-order chi connectivity index (χ1) is 16.4. The van der Waals surface area contributed by atoms with Crippen molar-refractivity contribution in [2.75, 3.05) is 6.54 Å². The molecule has 0 spiro atoms. The minimum atomic E-state index is -1.18. The lowest BCUT2D eigenvalue weighted by Gasteiger charge is -2.07. The lowest BCUT2D eigenvalue weighted by molar-refractivity contribution is -0.305. The number of carboxylic acids is 4. The van der Waals surface area contributed by atoms with Gasteiger partial charge in [-0.3, -0.25) is 14.6 Å². The maximum atomic E-state index is 10.7. The zero-order valence-electron chi connectivity index (χ0n) is 19.4. The molecule has 0 aliphatic heterocycles. The van der Waals surface area contributed by atoms with Gasteiger partial charge in [0.25, 0.3) is 0 Å². The fraction of sp³-hybridized carbons (Fsp3) is 0.500. The number of nitrogens with two attached hydrogens (primary N) is 3. The number of benzene rings is 1. The van der Waals surface area contributed by atoms with Crippen molar-refractivity contribution in [3.8, 4) is 5.75 Å². The molecule has 0 aromatic heterocycles. The summed E-state index contributed by atoms with van der Waals surface area (Å²) in [6.07, 6.45) is 5.19. The van der Waals surface area contributed by atoms with E-state index in [1.807, 2.05) is 0 Å². The van der Waals surface area contributed by atoms with E-state index in [1.54, 1.807) is 0 Å². The second-order valence-electron chi connectivity index (χ2n) is 7.23. The number of rotatable bonds is 14. The summed E-state index contributed by atoms with van der Waals surface area (Å²) in [5, 5.41) is 45.7. The molecule has 0 unspecified atom stereocenters. The van der Waals surface area contributed by atoms with E-state index in [9.17, 15) is 29.4 Å². The number of hydrogen-bond acceptors (Lipinski definition) is 8. The maximum absolute atomic E-state index is 10.7. The van der Waals surface area contributed by atoms with E-state index in [0.29, 0.717) is 32.2 Å². The highest BCUT2D eigenvalue weighted by Gasteiger charge is 2.09. The van der Waals surface area contributed by atoms with Crippen LogP contribution in [0.15, 0.2) is 29.3 Å². The van der Waals surface area contributed by atoms with Crippen LogP contribution in [0.4, 0.5) is 0 Å². The summed E-state index contributed by atoms with van der Waals surface area (Å²) in [7, 11) is 0. The zero-order valence-corrected chi connectivity index (χ0v) is 19.4. The summed E-state index contributed by atoms with van der Waals surface area (Å²) in [5.74, 6) is -4.39. The second kappa shape index (κ2) is 20.7. The van der Waals surface area contributed by atoms with Crippen molar-refractivity contribution < 1.29 is 44.7 Å². The van der Waals surface area contributed by atoms with Crippen molar-refractivity contribution in [3.63, 3.8) is 0 Å². The normalized spacial score (nSPS) is 10.4. The minimum Gasteiger partial charge on any atom is -0.872 e. The van der Waals surface area contributed by atoms with Gasteiger partial charge in [0.15, 0.2) is 5.96 Å². The van der Waals surface area contributed by atoms with Gasteiger partial charge in [-0.25, -0.2) is 4.79 Å². The molecule has 0 amide bonds. The Morgan fingerprint density at radius 2 is 1.43 bits per heavy atom. The van der Waals surface area contributed by atoms with Gasteiger partial charge in [-0.15, -0.1) is 0 Å². The van der Waals surface area contributed by atoms with Crippen LogP contribution in [-0.4, -0.2) is 57.7 Å². The Kier molecular flexibility index (Phi) is 19.7. The highest BCUT2D eigenvalue weighted by molar-refractivity contribution is 5.90. The van der Waals surface area contributed by atoms with E-state index in [0.717, 1.165) is 19.3 Å². The Morgan fingerprint density at radius 3 is 1.86 bits per heavy atom. The lowest BCUT2D eigenvalue weighted by Crippen LogP contribution is -2.30. The molecule has 1 aromatic carbocycles. The Morgan fingerprint density at radius 1 is 0.886 bits per heavy atom. The summed E-state index contributed by atoms with van der Waals surface area (Å²) < 4.78 is 0. The smallest absolute Gasteiger partial charge is 0.335 e. The first kappa shape index (κ1) is 33.3. The number of unbranched alkanes of at least 4 members (excludes halogenated alkanes) is 4. The van der Waals surface area contributed by atoms with Gasteiger partial charge in [0.05, 0.1) is 5.56 Å². The van der Waals surface area contributed by atoms with Crippen molar-refractivity contribution in [2.45, 2.75) is 63.8 Å². The van der Waals surface area contributed by atoms with Gasteiger partial charge in [-0.2, -0.15) is 0 Å². The first-order valence-corrected chi connectivity index (χ1v) is 10.8. The number of carboxylic acid groups (broad SMARTS) is 4. The highest BCUT2D eigenvalue weighted by Crippen LogP contribution is 2.11. The standard InChI is InChI=1S/C9H16O4.C7H6O3.C6H14N4O2/c10-8(11)6-4-2-1-3-5-7-9(12)13;8-6-4-2-1-3-5(6)7(9)10;7-4(5(11)12)2-1-3-10-6(8)9/h1-7H2,(H,10,11)(H,12,13);1-4,8H,(H,9,10);4H,1-3,7H2,(H,11,12)(H4,8,9,10)/p-2/t;;4-/m..0/s1. The fourth-order valence-corrected chi connectivity index (χ4v) is 2.36. The molecular formula is C22H34N4O9-2. The highest BCUT2D eigenvalue weighted by atomic mass is 16.4. The predicted molar refractivity (Wildman–Crippen MR) is 123 cm³/mol. The van der Waals surface area contributed by atoms with Crippen molar-refractivity contribution in [2.24, 2.45) is 22.2 Å².